The van der Waals surface area contributed by atoms with Crippen LogP contribution in [0.2, 0.25) is 0 Å². The van der Waals surface area contributed by atoms with E-state index in [2.05, 4.69) is 19.4 Å². The van der Waals surface area contributed by atoms with E-state index >= 15 is 0 Å². The fourth-order valence-corrected chi connectivity index (χ4v) is 3.87. The molecule has 1 amide bonds. The Morgan fingerprint density at radius 3 is 2.65 bits per heavy atom. The molecule has 0 radical (unpaired) electrons. The summed E-state index contributed by atoms with van der Waals surface area (Å²) in [6.07, 6.45) is 2.06. The Morgan fingerprint density at radius 2 is 1.94 bits per heavy atom. The second kappa shape index (κ2) is 10.3. The molecule has 0 saturated heterocycles. The normalized spacial score (nSPS) is 11.8. The third-order valence-corrected chi connectivity index (χ3v) is 5.59. The summed E-state index contributed by atoms with van der Waals surface area (Å²) in [6.45, 7) is 2.66. The molecule has 0 aliphatic heterocycles. The van der Waals surface area contributed by atoms with E-state index in [1.807, 2.05) is 43.3 Å². The summed E-state index contributed by atoms with van der Waals surface area (Å²) in [5, 5.41) is 16.5. The summed E-state index contributed by atoms with van der Waals surface area (Å²) in [7, 11) is 2.41. The highest BCUT2D eigenvalue weighted by atomic mass is 31.0. The van der Waals surface area contributed by atoms with Gasteiger partial charge in [-0.1, -0.05) is 55.5 Å². The molecule has 1 heterocycles. The summed E-state index contributed by atoms with van der Waals surface area (Å²) in [5.74, 6) is -1.72. The summed E-state index contributed by atoms with van der Waals surface area (Å²) in [6, 6.07) is 14.8. The minimum atomic E-state index is -0.722. The number of rotatable bonds is 8. The molecule has 0 saturated carbocycles. The van der Waals surface area contributed by atoms with Crippen molar-refractivity contribution in [3.63, 3.8) is 0 Å². The van der Waals surface area contributed by atoms with E-state index in [0.717, 1.165) is 11.8 Å². The number of carbonyl (C=O) groups excluding carboxylic acids is 1. The molecule has 2 atom stereocenters. The van der Waals surface area contributed by atoms with Crippen molar-refractivity contribution >= 4 is 20.5 Å². The monoisotopic (exact) mass is 441 g/mol. The fraction of sp³-hybridized carbons (Fsp3) is 0.261. The van der Waals surface area contributed by atoms with E-state index < -0.39 is 17.1 Å². The maximum Gasteiger partial charge on any atom is 0.275 e. The highest BCUT2D eigenvalue weighted by Crippen LogP contribution is 2.30. The van der Waals surface area contributed by atoms with Crippen LogP contribution < -0.4 is 10.7 Å². The van der Waals surface area contributed by atoms with Gasteiger partial charge in [0.25, 0.3) is 5.91 Å². The predicted molar refractivity (Wildman–Crippen MR) is 121 cm³/mol. The van der Waals surface area contributed by atoms with Crippen LogP contribution in [0.5, 0.6) is 5.75 Å². The van der Waals surface area contributed by atoms with Crippen LogP contribution in [0.4, 0.5) is 4.39 Å². The van der Waals surface area contributed by atoms with Gasteiger partial charge in [0.05, 0.1) is 6.20 Å². The molecule has 0 aliphatic rings. The Bertz CT molecular complexity index is 1100. The Labute approximate surface area is 182 Å². The number of aromatic hydroxyl groups is 1. The number of nitrogens with zero attached hydrogens (tertiary/aromatic N) is 2. The van der Waals surface area contributed by atoms with Crippen LogP contribution in [-0.4, -0.2) is 39.2 Å². The number of halogens is 1. The largest absolute Gasteiger partial charge is 0.502 e. The lowest BCUT2D eigenvalue weighted by molar-refractivity contribution is 0.0741. The molecule has 2 aromatic carbocycles. The van der Waals surface area contributed by atoms with Crippen molar-refractivity contribution < 1.29 is 14.3 Å². The highest BCUT2D eigenvalue weighted by molar-refractivity contribution is 7.27. The Balaban J connectivity index is 1.91. The van der Waals surface area contributed by atoms with Crippen LogP contribution in [0.15, 0.2) is 59.5 Å². The van der Waals surface area contributed by atoms with E-state index in [0.29, 0.717) is 36.8 Å². The zero-order valence-electron chi connectivity index (χ0n) is 17.2. The lowest BCUT2D eigenvalue weighted by Crippen LogP contribution is -2.35. The smallest absolute Gasteiger partial charge is 0.275 e. The molecule has 3 rings (SSSR count). The average molecular weight is 441 g/mol. The third-order valence-electron chi connectivity index (χ3n) is 5.15. The molecule has 3 aromatic rings. The van der Waals surface area contributed by atoms with Crippen LogP contribution >= 0.6 is 9.24 Å². The van der Waals surface area contributed by atoms with Gasteiger partial charge in [0.2, 0.25) is 5.43 Å². The molecule has 0 aliphatic carbocycles. The van der Waals surface area contributed by atoms with Crippen LogP contribution in [0, 0.1) is 5.82 Å². The molecule has 0 spiro atoms. The zero-order valence-corrected chi connectivity index (χ0v) is 18.4. The number of amides is 1. The number of nitrogens with one attached hydrogen (secondary N) is 1. The molecule has 6 nitrogen and oxygen atoms in total. The Morgan fingerprint density at radius 1 is 1.19 bits per heavy atom. The summed E-state index contributed by atoms with van der Waals surface area (Å²) in [5.41, 5.74) is 0.536. The first-order valence-corrected chi connectivity index (χ1v) is 10.7. The molecule has 31 heavy (non-hydrogen) atoms. The third kappa shape index (κ3) is 5.17. The quantitative estimate of drug-likeness (QED) is 0.526. The molecular weight excluding hydrogens is 416 g/mol. The molecule has 0 bridgehead atoms. The number of hydrogen-bond donors (Lipinski definition) is 2. The van der Waals surface area contributed by atoms with Gasteiger partial charge in [-0.3, -0.25) is 14.7 Å². The topological polar surface area (TPSA) is 86.3 Å². The van der Waals surface area contributed by atoms with E-state index in [-0.39, 0.29) is 17.4 Å². The van der Waals surface area contributed by atoms with Gasteiger partial charge in [0.1, 0.15) is 5.82 Å². The van der Waals surface area contributed by atoms with Crippen LogP contribution in [0.25, 0.3) is 0 Å². The number of aromatic nitrogens is 2. The maximum atomic E-state index is 14.9. The van der Waals surface area contributed by atoms with Gasteiger partial charge < -0.3 is 10.0 Å². The van der Waals surface area contributed by atoms with E-state index in [4.69, 9.17) is 0 Å². The maximum absolute atomic E-state index is 14.9. The van der Waals surface area contributed by atoms with Crippen molar-refractivity contribution in [1.29, 1.82) is 0 Å². The lowest BCUT2D eigenvalue weighted by Gasteiger charge is -2.26. The lowest BCUT2D eigenvalue weighted by atomic mass is 9.88. The summed E-state index contributed by atoms with van der Waals surface area (Å²) < 4.78 is 14.9. The van der Waals surface area contributed by atoms with Crippen molar-refractivity contribution in [2.24, 2.45) is 0 Å². The van der Waals surface area contributed by atoms with Gasteiger partial charge >= 0.3 is 0 Å². The van der Waals surface area contributed by atoms with Gasteiger partial charge in [-0.2, -0.15) is 5.10 Å². The summed E-state index contributed by atoms with van der Waals surface area (Å²) in [4.78, 5) is 26.2. The highest BCUT2D eigenvalue weighted by Gasteiger charge is 2.24. The minimum Gasteiger partial charge on any atom is -0.502 e. The SMILES string of the molecule is CCCN(CCC(c1ccccc1)c1cccc(P)c1F)C(=O)c1[nH]ncc(=O)c1O. The average Bonchev–Trinajstić information content (AvgIpc) is 2.78. The number of aromatic amines is 1. The molecule has 2 N–H and O–H groups in total. The summed E-state index contributed by atoms with van der Waals surface area (Å²) >= 11 is 0. The van der Waals surface area contributed by atoms with Crippen LogP contribution in [0.1, 0.15) is 47.3 Å². The second-order valence-corrected chi connectivity index (χ2v) is 7.87. The molecule has 8 heteroatoms. The van der Waals surface area contributed by atoms with Gasteiger partial charge in [-0.05, 0) is 24.0 Å². The van der Waals surface area contributed by atoms with Crippen molar-refractivity contribution in [3.05, 3.63) is 87.6 Å². The van der Waals surface area contributed by atoms with Gasteiger partial charge in [-0.25, -0.2) is 4.39 Å². The van der Waals surface area contributed by atoms with E-state index in [1.165, 1.54) is 0 Å². The minimum absolute atomic E-state index is 0.240. The van der Waals surface area contributed by atoms with E-state index in [1.54, 1.807) is 17.0 Å². The van der Waals surface area contributed by atoms with Crippen molar-refractivity contribution in [1.82, 2.24) is 15.1 Å². The predicted octanol–water partition coefficient (Wildman–Crippen LogP) is 3.19. The first-order chi connectivity index (χ1) is 14.9. The fourth-order valence-electron chi connectivity index (χ4n) is 3.59. The Kier molecular flexibility index (Phi) is 7.53. The number of carbonyl (C=O) groups is 1. The number of H-pyrrole nitrogens is 1. The second-order valence-electron chi connectivity index (χ2n) is 7.25. The van der Waals surface area contributed by atoms with Gasteiger partial charge in [0.15, 0.2) is 11.4 Å². The number of benzene rings is 2. The number of hydrogen-bond acceptors (Lipinski definition) is 4. The van der Waals surface area contributed by atoms with E-state index in [9.17, 15) is 19.1 Å². The van der Waals surface area contributed by atoms with Crippen LogP contribution in [0.3, 0.4) is 0 Å². The van der Waals surface area contributed by atoms with Crippen molar-refractivity contribution in [3.8, 4) is 5.75 Å². The molecule has 0 fully saturated rings. The van der Waals surface area contributed by atoms with Crippen LogP contribution in [-0.2, 0) is 0 Å². The zero-order chi connectivity index (χ0) is 22.4. The molecule has 1 aromatic heterocycles. The molecule has 162 valence electrons. The Hall–Kier alpha value is -3.05. The van der Waals surface area contributed by atoms with Crippen molar-refractivity contribution in [2.75, 3.05) is 13.1 Å². The first-order valence-electron chi connectivity index (χ1n) is 10.1. The molecular formula is C23H25FN3O3P. The standard InChI is InChI=1S/C23H25FN3O3P/c1-2-12-27(23(30)21-22(29)18(28)14-25-26-21)13-11-16(15-7-4-3-5-8-15)17-9-6-10-19(31)20(17)24/h3-10,14,16H,2,11-13,31H2,1H3,(H,25,29)(H,26,28). The van der Waals surface area contributed by atoms with Gasteiger partial charge in [0, 0.05) is 24.3 Å². The molecule has 2 unspecified atom stereocenters. The first kappa shape index (κ1) is 22.6. The van der Waals surface area contributed by atoms with Crippen molar-refractivity contribution in [2.45, 2.75) is 25.7 Å². The van der Waals surface area contributed by atoms with Gasteiger partial charge in [-0.15, -0.1) is 9.24 Å².